The van der Waals surface area contributed by atoms with Gasteiger partial charge in [-0.15, -0.1) is 0 Å². The Hall–Kier alpha value is -4.00. The van der Waals surface area contributed by atoms with Crippen LogP contribution in [0, 0.1) is 0 Å². The third-order valence-corrected chi connectivity index (χ3v) is 9.92. The van der Waals surface area contributed by atoms with Gasteiger partial charge in [0.2, 0.25) is 0 Å². The molecule has 0 amide bonds. The summed E-state index contributed by atoms with van der Waals surface area (Å²) in [6, 6.07) is 39.4. The van der Waals surface area contributed by atoms with E-state index in [4.69, 9.17) is 0 Å². The average molecular weight is 529 g/mol. The molecule has 0 radical (unpaired) electrons. The average Bonchev–Trinajstić information content (AvgIpc) is 3.69. The molecule has 6 aromatic rings. The summed E-state index contributed by atoms with van der Waals surface area (Å²) in [6.07, 6.45) is 0. The van der Waals surface area contributed by atoms with Crippen molar-refractivity contribution in [2.45, 2.75) is 9.79 Å². The fourth-order valence-electron chi connectivity index (χ4n) is 5.69. The van der Waals surface area contributed by atoms with Gasteiger partial charge in [-0.05, 0) is 48.5 Å². The number of nitrogens with zero attached hydrogens (tertiary/aromatic N) is 4. The molecule has 0 saturated carbocycles. The lowest BCUT2D eigenvalue weighted by Gasteiger charge is -2.27. The highest BCUT2D eigenvalue weighted by Gasteiger charge is 2.38. The predicted octanol–water partition coefficient (Wildman–Crippen LogP) is 8.98. The van der Waals surface area contributed by atoms with Gasteiger partial charge in [-0.2, -0.15) is 0 Å². The largest absolute Gasteiger partial charge is 0.330 e. The Morgan fingerprint density at radius 2 is 0.868 bits per heavy atom. The van der Waals surface area contributed by atoms with Crippen LogP contribution in [0.15, 0.2) is 129 Å². The van der Waals surface area contributed by atoms with Crippen LogP contribution in [-0.4, -0.2) is 9.13 Å². The molecule has 0 N–H and O–H groups in total. The maximum atomic E-state index is 2.45. The second kappa shape index (κ2) is 8.25. The topological polar surface area (TPSA) is 16.3 Å². The Kier molecular flexibility index (Phi) is 4.78. The molecule has 0 atom stereocenters. The minimum absolute atomic E-state index is 1.17. The van der Waals surface area contributed by atoms with Crippen molar-refractivity contribution in [3.63, 3.8) is 0 Å². The summed E-state index contributed by atoms with van der Waals surface area (Å²) < 4.78 is 4.62. The van der Waals surface area contributed by atoms with E-state index >= 15 is 0 Å². The molecule has 0 saturated heterocycles. The van der Waals surface area contributed by atoms with E-state index in [1.165, 1.54) is 64.7 Å². The van der Waals surface area contributed by atoms with Gasteiger partial charge in [0.25, 0.3) is 0 Å². The summed E-state index contributed by atoms with van der Waals surface area (Å²) in [5.41, 5.74) is 4.90. The number of benzene rings is 4. The van der Waals surface area contributed by atoms with Gasteiger partial charge in [0.1, 0.15) is 21.7 Å². The first-order chi connectivity index (χ1) is 18.7. The maximum absolute atomic E-state index is 2.45. The highest BCUT2D eigenvalue weighted by atomic mass is 32.2. The van der Waals surface area contributed by atoms with Gasteiger partial charge in [0, 0.05) is 45.7 Å². The van der Waals surface area contributed by atoms with Crippen molar-refractivity contribution < 1.29 is 0 Å². The highest BCUT2D eigenvalue weighted by molar-refractivity contribution is 8.07. The first-order valence-corrected chi connectivity index (χ1v) is 14.3. The molecule has 0 spiro atoms. The molecule has 38 heavy (non-hydrogen) atoms. The molecule has 4 aromatic carbocycles. The second-order valence-electron chi connectivity index (χ2n) is 9.66. The molecule has 4 heterocycles. The van der Waals surface area contributed by atoms with Gasteiger partial charge in [-0.3, -0.25) is 9.80 Å². The Bertz CT molecular complexity index is 1790. The van der Waals surface area contributed by atoms with E-state index < -0.39 is 0 Å². The number of thioether (sulfide) groups is 2. The third-order valence-electron chi connectivity index (χ3n) is 7.53. The van der Waals surface area contributed by atoms with Gasteiger partial charge >= 0.3 is 0 Å². The first kappa shape index (κ1) is 22.0. The zero-order valence-corrected chi connectivity index (χ0v) is 22.6. The number of anilines is 4. The monoisotopic (exact) mass is 528 g/mol. The summed E-state index contributed by atoms with van der Waals surface area (Å²) in [6.45, 7) is 0. The van der Waals surface area contributed by atoms with Crippen molar-refractivity contribution in [2.24, 2.45) is 14.1 Å². The van der Waals surface area contributed by atoms with E-state index in [-0.39, 0.29) is 0 Å². The summed E-state index contributed by atoms with van der Waals surface area (Å²) in [5, 5.41) is 4.94. The minimum atomic E-state index is 1.17. The molecular weight excluding hydrogens is 505 g/mol. The lowest BCUT2D eigenvalue weighted by molar-refractivity contribution is 0.931. The standard InChI is InChI=1S/C32H24N4S2/c1-33-23-13-5-3-11-21(23)19-29(33)35-25-15-7-9-17-27(25)37-31(35)32-36(26-16-8-10-18-28(26)38-32)30-20-22-12-4-6-14-24(22)34(30)2/h3-20H,1-2H3/b32-31+. The van der Waals surface area contributed by atoms with Gasteiger partial charge in [-0.1, -0.05) is 84.2 Å². The highest BCUT2D eigenvalue weighted by Crippen LogP contribution is 2.59. The molecule has 184 valence electrons. The molecule has 0 fully saturated rings. The van der Waals surface area contributed by atoms with Gasteiger partial charge in [0.15, 0.2) is 0 Å². The number of aryl methyl sites for hydroxylation is 2. The SMILES string of the molecule is Cn1c(N2/C(=C3\Sc4ccccc4N3c3cc4ccccc4n3C)Sc3ccccc32)cc2ccccc21. The Morgan fingerprint density at radius 3 is 1.32 bits per heavy atom. The normalized spacial score (nSPS) is 16.6. The van der Waals surface area contributed by atoms with Gasteiger partial charge in [0.05, 0.1) is 11.4 Å². The van der Waals surface area contributed by atoms with Crippen molar-refractivity contribution in [3.8, 4) is 0 Å². The Balaban J connectivity index is 1.41. The zero-order chi connectivity index (χ0) is 25.4. The van der Waals surface area contributed by atoms with Crippen LogP contribution < -0.4 is 9.80 Å². The number of rotatable bonds is 2. The molecule has 2 aliphatic rings. The van der Waals surface area contributed by atoms with Crippen molar-refractivity contribution in [3.05, 3.63) is 119 Å². The van der Waals surface area contributed by atoms with Crippen LogP contribution >= 0.6 is 23.5 Å². The number of aromatic nitrogens is 2. The zero-order valence-electron chi connectivity index (χ0n) is 21.0. The second-order valence-corrected chi connectivity index (χ2v) is 11.7. The summed E-state index contributed by atoms with van der Waals surface area (Å²) >= 11 is 3.71. The molecule has 6 heteroatoms. The van der Waals surface area contributed by atoms with Crippen molar-refractivity contribution in [1.82, 2.24) is 9.13 Å². The predicted molar refractivity (Wildman–Crippen MR) is 162 cm³/mol. The Labute approximate surface area is 229 Å². The third kappa shape index (κ3) is 3.08. The summed E-state index contributed by atoms with van der Waals surface area (Å²) in [4.78, 5) is 7.44. The first-order valence-electron chi connectivity index (χ1n) is 12.7. The van der Waals surface area contributed by atoms with Crippen LogP contribution in [0.2, 0.25) is 0 Å². The van der Waals surface area contributed by atoms with E-state index in [1.54, 1.807) is 0 Å². The molecular formula is C32H24N4S2. The molecule has 8 rings (SSSR count). The fourth-order valence-corrected chi connectivity index (χ4v) is 8.10. The van der Waals surface area contributed by atoms with E-state index in [0.29, 0.717) is 0 Å². The smallest absolute Gasteiger partial charge is 0.119 e. The van der Waals surface area contributed by atoms with Crippen molar-refractivity contribution in [2.75, 3.05) is 9.80 Å². The van der Waals surface area contributed by atoms with Crippen LogP contribution in [0.5, 0.6) is 0 Å². The molecule has 2 aliphatic heterocycles. The molecule has 2 aromatic heterocycles. The Morgan fingerprint density at radius 1 is 0.474 bits per heavy atom. The minimum Gasteiger partial charge on any atom is -0.330 e. The molecule has 0 bridgehead atoms. The van der Waals surface area contributed by atoms with Crippen LogP contribution in [0.25, 0.3) is 21.8 Å². The van der Waals surface area contributed by atoms with Crippen LogP contribution in [0.4, 0.5) is 23.0 Å². The number of hydrogen-bond acceptors (Lipinski definition) is 4. The van der Waals surface area contributed by atoms with Gasteiger partial charge < -0.3 is 9.13 Å². The van der Waals surface area contributed by atoms with Crippen LogP contribution in [-0.2, 0) is 14.1 Å². The fraction of sp³-hybridized carbons (Fsp3) is 0.0625. The quantitative estimate of drug-likeness (QED) is 0.223. The van der Waals surface area contributed by atoms with E-state index in [9.17, 15) is 0 Å². The van der Waals surface area contributed by atoms with Crippen LogP contribution in [0.1, 0.15) is 0 Å². The van der Waals surface area contributed by atoms with E-state index in [2.05, 4.69) is 142 Å². The number of hydrogen-bond donors (Lipinski definition) is 0. The van der Waals surface area contributed by atoms with Crippen LogP contribution in [0.3, 0.4) is 0 Å². The van der Waals surface area contributed by atoms with E-state index in [1.807, 2.05) is 23.5 Å². The van der Waals surface area contributed by atoms with Crippen molar-refractivity contribution in [1.29, 1.82) is 0 Å². The van der Waals surface area contributed by atoms with Crippen molar-refractivity contribution >= 4 is 68.3 Å². The summed E-state index contributed by atoms with van der Waals surface area (Å²) in [5.74, 6) is 2.33. The summed E-state index contributed by atoms with van der Waals surface area (Å²) in [7, 11) is 4.34. The number of fused-ring (bicyclic) bond motifs is 4. The molecule has 0 unspecified atom stereocenters. The molecule has 4 nitrogen and oxygen atoms in total. The van der Waals surface area contributed by atoms with E-state index in [0.717, 1.165) is 0 Å². The van der Waals surface area contributed by atoms with Gasteiger partial charge in [-0.25, -0.2) is 0 Å². The lowest BCUT2D eigenvalue weighted by atomic mass is 10.2. The number of para-hydroxylation sites is 4. The maximum Gasteiger partial charge on any atom is 0.119 e. The lowest BCUT2D eigenvalue weighted by Crippen LogP contribution is -2.21. The molecule has 0 aliphatic carbocycles.